The first-order valence-electron chi connectivity index (χ1n) is 8.65. The molecule has 2 saturated heterocycles. The molecule has 2 aliphatic heterocycles. The first-order chi connectivity index (χ1) is 12.8. The zero-order valence-corrected chi connectivity index (χ0v) is 21.1. The third-order valence-electron chi connectivity index (χ3n) is 4.70. The van der Waals surface area contributed by atoms with Crippen molar-refractivity contribution in [2.75, 3.05) is 13.2 Å². The third-order valence-corrected chi connectivity index (χ3v) is 7.33. The fourth-order valence-electron chi connectivity index (χ4n) is 3.27. The summed E-state index contributed by atoms with van der Waals surface area (Å²) in [6.07, 6.45) is -0.290. The maximum atomic E-state index is 6.70. The van der Waals surface area contributed by atoms with Crippen molar-refractivity contribution in [3.8, 4) is 0 Å². The van der Waals surface area contributed by atoms with Crippen LogP contribution in [0.2, 0.25) is 0 Å². The molecule has 4 rings (SSSR count). The number of rotatable bonds is 6. The predicted octanol–water partition coefficient (Wildman–Crippen LogP) is 6.95. The van der Waals surface area contributed by atoms with Gasteiger partial charge in [0, 0.05) is 29.0 Å². The first kappa shape index (κ1) is 20.5. The molecule has 0 aromatic heterocycles. The number of ether oxygens (including phenoxy) is 3. The number of aryl methyl sites for hydroxylation is 2. The van der Waals surface area contributed by atoms with E-state index in [1.807, 2.05) is 0 Å². The lowest BCUT2D eigenvalue weighted by Gasteiger charge is -2.27. The van der Waals surface area contributed by atoms with E-state index >= 15 is 0 Å². The standard InChI is InChI=1S/C20H18Br4O3/c1-9-3-11(21)17(12(22)4-9)19(15-7-25-15)27-20(16-8-26-16)18-13(23)5-10(2)6-14(18)24/h3-6,15-16,19-20H,7-8H2,1-2H3. The van der Waals surface area contributed by atoms with E-state index in [9.17, 15) is 0 Å². The molecular weight excluding hydrogens is 608 g/mol. The molecule has 4 atom stereocenters. The molecule has 27 heavy (non-hydrogen) atoms. The lowest BCUT2D eigenvalue weighted by molar-refractivity contribution is -0.0432. The summed E-state index contributed by atoms with van der Waals surface area (Å²) in [7, 11) is 0. The van der Waals surface area contributed by atoms with Crippen molar-refractivity contribution in [2.45, 2.75) is 38.3 Å². The average Bonchev–Trinajstić information content (AvgIpc) is 3.44. The fraction of sp³-hybridized carbons (Fsp3) is 0.400. The molecule has 0 N–H and O–H groups in total. The Labute approximate surface area is 192 Å². The monoisotopic (exact) mass is 622 g/mol. The second-order valence-corrected chi connectivity index (χ2v) is 10.4. The number of halogens is 4. The Bertz CT molecular complexity index is 760. The summed E-state index contributed by atoms with van der Waals surface area (Å²) < 4.78 is 22.1. The van der Waals surface area contributed by atoms with Gasteiger partial charge in [0.2, 0.25) is 0 Å². The predicted molar refractivity (Wildman–Crippen MR) is 119 cm³/mol. The molecule has 0 amide bonds. The van der Waals surface area contributed by atoms with Crippen LogP contribution in [0.25, 0.3) is 0 Å². The summed E-state index contributed by atoms with van der Waals surface area (Å²) >= 11 is 14.9. The molecular formula is C20H18Br4O3. The molecule has 2 heterocycles. The Kier molecular flexibility index (Phi) is 6.20. The van der Waals surface area contributed by atoms with Crippen LogP contribution in [0, 0.1) is 13.8 Å². The molecule has 7 heteroatoms. The van der Waals surface area contributed by atoms with Gasteiger partial charge in [0.15, 0.2) is 0 Å². The van der Waals surface area contributed by atoms with Crippen LogP contribution in [0.5, 0.6) is 0 Å². The van der Waals surface area contributed by atoms with Gasteiger partial charge < -0.3 is 14.2 Å². The Morgan fingerprint density at radius 2 is 1.04 bits per heavy atom. The van der Waals surface area contributed by atoms with Crippen LogP contribution >= 0.6 is 63.7 Å². The highest BCUT2D eigenvalue weighted by atomic mass is 79.9. The van der Waals surface area contributed by atoms with Gasteiger partial charge in [-0.1, -0.05) is 63.7 Å². The van der Waals surface area contributed by atoms with Gasteiger partial charge in [-0.3, -0.25) is 0 Å². The number of epoxide rings is 2. The molecule has 4 unspecified atom stereocenters. The van der Waals surface area contributed by atoms with Crippen molar-refractivity contribution in [3.63, 3.8) is 0 Å². The van der Waals surface area contributed by atoms with Crippen molar-refractivity contribution in [3.05, 3.63) is 64.4 Å². The van der Waals surface area contributed by atoms with E-state index in [1.54, 1.807) is 0 Å². The van der Waals surface area contributed by atoms with Crippen LogP contribution in [-0.2, 0) is 14.2 Å². The largest absolute Gasteiger partial charge is 0.370 e. The lowest BCUT2D eigenvalue weighted by atomic mass is 10.0. The van der Waals surface area contributed by atoms with Crippen molar-refractivity contribution in [1.82, 2.24) is 0 Å². The van der Waals surface area contributed by atoms with Crippen LogP contribution in [-0.4, -0.2) is 25.4 Å². The summed E-state index contributed by atoms with van der Waals surface area (Å²) in [5.41, 5.74) is 4.51. The van der Waals surface area contributed by atoms with E-state index in [0.29, 0.717) is 13.2 Å². The van der Waals surface area contributed by atoms with Crippen molar-refractivity contribution in [2.24, 2.45) is 0 Å². The van der Waals surface area contributed by atoms with Gasteiger partial charge in [-0.15, -0.1) is 0 Å². The fourth-order valence-corrected chi connectivity index (χ4v) is 7.00. The molecule has 2 aromatic carbocycles. The van der Waals surface area contributed by atoms with E-state index < -0.39 is 0 Å². The van der Waals surface area contributed by atoms with Gasteiger partial charge in [0.1, 0.15) is 24.4 Å². The van der Waals surface area contributed by atoms with Gasteiger partial charge in [-0.25, -0.2) is 0 Å². The molecule has 0 saturated carbocycles. The number of hydrogen-bond donors (Lipinski definition) is 0. The van der Waals surface area contributed by atoms with Gasteiger partial charge >= 0.3 is 0 Å². The highest BCUT2D eigenvalue weighted by Gasteiger charge is 2.44. The number of benzene rings is 2. The summed E-state index contributed by atoms with van der Waals surface area (Å²) in [6, 6.07) is 8.44. The van der Waals surface area contributed by atoms with Crippen molar-refractivity contribution in [1.29, 1.82) is 0 Å². The van der Waals surface area contributed by atoms with Crippen LogP contribution < -0.4 is 0 Å². The molecule has 0 bridgehead atoms. The molecule has 0 spiro atoms. The molecule has 2 aliphatic rings. The zero-order chi connectivity index (χ0) is 19.3. The normalized spacial score (nSPS) is 23.2. The van der Waals surface area contributed by atoms with Crippen LogP contribution in [0.4, 0.5) is 0 Å². The third kappa shape index (κ3) is 4.55. The smallest absolute Gasteiger partial charge is 0.114 e. The Balaban J connectivity index is 1.73. The van der Waals surface area contributed by atoms with Gasteiger partial charge in [-0.2, -0.15) is 0 Å². The molecule has 2 aromatic rings. The minimum absolute atomic E-state index is 0.0459. The highest BCUT2D eigenvalue weighted by Crippen LogP contribution is 2.47. The summed E-state index contributed by atoms with van der Waals surface area (Å²) in [6.45, 7) is 5.55. The minimum atomic E-state index is -0.191. The molecule has 3 nitrogen and oxygen atoms in total. The Morgan fingerprint density at radius 3 is 1.30 bits per heavy atom. The van der Waals surface area contributed by atoms with Crippen LogP contribution in [0.3, 0.4) is 0 Å². The van der Waals surface area contributed by atoms with Gasteiger partial charge in [-0.05, 0) is 49.2 Å². The van der Waals surface area contributed by atoms with E-state index in [-0.39, 0.29) is 24.4 Å². The Morgan fingerprint density at radius 1 is 0.741 bits per heavy atom. The lowest BCUT2D eigenvalue weighted by Crippen LogP contribution is -2.20. The van der Waals surface area contributed by atoms with Gasteiger partial charge in [0.05, 0.1) is 13.2 Å². The highest BCUT2D eigenvalue weighted by molar-refractivity contribution is 9.11. The topological polar surface area (TPSA) is 34.3 Å². The zero-order valence-electron chi connectivity index (χ0n) is 14.8. The maximum Gasteiger partial charge on any atom is 0.114 e. The van der Waals surface area contributed by atoms with Crippen LogP contribution in [0.1, 0.15) is 34.5 Å². The average molecular weight is 626 g/mol. The molecule has 0 aliphatic carbocycles. The summed E-state index contributed by atoms with van der Waals surface area (Å²) in [4.78, 5) is 0. The van der Waals surface area contributed by atoms with Crippen LogP contribution in [0.15, 0.2) is 42.2 Å². The van der Waals surface area contributed by atoms with E-state index in [2.05, 4.69) is 102 Å². The second-order valence-electron chi connectivity index (χ2n) is 7.01. The molecule has 0 radical (unpaired) electrons. The van der Waals surface area contributed by atoms with E-state index in [1.165, 1.54) is 11.1 Å². The Hall–Kier alpha value is 0.240. The molecule has 2 fully saturated rings. The quantitative estimate of drug-likeness (QED) is 0.326. The van der Waals surface area contributed by atoms with Crippen molar-refractivity contribution < 1.29 is 14.2 Å². The summed E-state index contributed by atoms with van der Waals surface area (Å²) in [5.74, 6) is 0. The van der Waals surface area contributed by atoms with Crippen molar-refractivity contribution >= 4 is 63.7 Å². The SMILES string of the molecule is Cc1cc(Br)c(C(OC(c2c(Br)cc(C)cc2Br)C2CO2)C2CO2)c(Br)c1. The number of hydrogen-bond acceptors (Lipinski definition) is 3. The first-order valence-corrected chi connectivity index (χ1v) is 11.8. The van der Waals surface area contributed by atoms with Gasteiger partial charge in [0.25, 0.3) is 0 Å². The summed E-state index contributed by atoms with van der Waals surface area (Å²) in [5, 5.41) is 0. The van der Waals surface area contributed by atoms with E-state index in [0.717, 1.165) is 29.0 Å². The molecule has 144 valence electrons. The minimum Gasteiger partial charge on any atom is -0.370 e. The maximum absolute atomic E-state index is 6.70. The second kappa shape index (κ2) is 8.17. The van der Waals surface area contributed by atoms with E-state index in [4.69, 9.17) is 14.2 Å².